The summed E-state index contributed by atoms with van der Waals surface area (Å²) in [5, 5.41) is 12.8. The summed E-state index contributed by atoms with van der Waals surface area (Å²) in [6.07, 6.45) is 0.893. The van der Waals surface area contributed by atoms with Crippen molar-refractivity contribution in [1.82, 2.24) is 10.2 Å². The van der Waals surface area contributed by atoms with E-state index in [2.05, 4.69) is 22.1 Å². The van der Waals surface area contributed by atoms with Crippen LogP contribution >= 0.6 is 0 Å². The molecule has 0 bridgehead atoms. The maximum atomic E-state index is 12.0. The maximum absolute atomic E-state index is 12.0. The minimum atomic E-state index is -0.521. The third-order valence-electron chi connectivity index (χ3n) is 4.66. The summed E-state index contributed by atoms with van der Waals surface area (Å²) in [6, 6.07) is 1.50. The van der Waals surface area contributed by atoms with Crippen molar-refractivity contribution in [2.45, 2.75) is 13.8 Å². The molecule has 0 unspecified atom stereocenters. The normalized spacial score (nSPS) is 14.5. The highest BCUT2D eigenvalue weighted by Gasteiger charge is 2.18. The number of carbonyl (C=O) groups excluding carboxylic acids is 3. The van der Waals surface area contributed by atoms with E-state index in [1.807, 2.05) is 0 Å². The van der Waals surface area contributed by atoms with Gasteiger partial charge in [-0.1, -0.05) is 0 Å². The molecule has 1 aliphatic heterocycles. The monoisotopic (exact) mass is 430 g/mol. The Morgan fingerprint density at radius 2 is 2.03 bits per heavy atom. The molecule has 0 atom stereocenters. The second-order valence-electron chi connectivity index (χ2n) is 6.75. The number of ether oxygens (including phenoxy) is 3. The van der Waals surface area contributed by atoms with Crippen LogP contribution in [0.1, 0.15) is 22.8 Å². The van der Waals surface area contributed by atoms with E-state index in [0.717, 1.165) is 13.1 Å². The molecule has 0 spiro atoms. The predicted molar refractivity (Wildman–Crippen MR) is 112 cm³/mol. The van der Waals surface area contributed by atoms with Crippen molar-refractivity contribution < 1.29 is 33.7 Å². The number of aryl methyl sites for hydroxylation is 1. The van der Waals surface area contributed by atoms with Crippen molar-refractivity contribution in [3.63, 3.8) is 0 Å². The minimum absolute atomic E-state index is 0.0603. The van der Waals surface area contributed by atoms with Gasteiger partial charge in [0.2, 0.25) is 0 Å². The molecule has 31 heavy (non-hydrogen) atoms. The molecular weight excluding hydrogens is 404 g/mol. The van der Waals surface area contributed by atoms with Crippen LogP contribution in [0.3, 0.4) is 0 Å². The zero-order chi connectivity index (χ0) is 22.8. The molecule has 1 amide bonds. The molecule has 2 rings (SSSR count). The van der Waals surface area contributed by atoms with Gasteiger partial charge in [-0.25, -0.2) is 0 Å². The number of hydrogen-bond donors (Lipinski definition) is 2. The zero-order valence-electron chi connectivity index (χ0n) is 17.8. The van der Waals surface area contributed by atoms with Gasteiger partial charge in [0.25, 0.3) is 5.91 Å². The Labute approximate surface area is 181 Å². The number of phenolic OH excluding ortho intramolecular Hbond substituents is 1. The number of aromatic hydroxyl groups is 1. The summed E-state index contributed by atoms with van der Waals surface area (Å²) in [5.74, 6) is 4.23. The van der Waals surface area contributed by atoms with Gasteiger partial charge in [0.05, 0.1) is 20.3 Å². The van der Waals surface area contributed by atoms with E-state index in [9.17, 15) is 19.5 Å². The highest BCUT2D eigenvalue weighted by molar-refractivity contribution is 5.96. The Morgan fingerprint density at radius 1 is 1.32 bits per heavy atom. The van der Waals surface area contributed by atoms with Crippen LogP contribution in [0.4, 0.5) is 0 Å². The molecule has 1 saturated heterocycles. The fourth-order valence-electron chi connectivity index (χ4n) is 2.91. The molecule has 1 fully saturated rings. The minimum Gasteiger partial charge on any atom is -0.504 e. The number of morpholine rings is 1. The summed E-state index contributed by atoms with van der Waals surface area (Å²) in [6.45, 7) is 7.24. The van der Waals surface area contributed by atoms with Gasteiger partial charge in [-0.15, -0.1) is 0 Å². The molecule has 2 N–H and O–H groups in total. The van der Waals surface area contributed by atoms with E-state index in [1.54, 1.807) is 6.92 Å². The first-order chi connectivity index (χ1) is 14.9. The zero-order valence-corrected chi connectivity index (χ0v) is 17.8. The van der Waals surface area contributed by atoms with Gasteiger partial charge in [0.15, 0.2) is 24.1 Å². The first-order valence-corrected chi connectivity index (χ1v) is 9.70. The average Bonchev–Trinajstić information content (AvgIpc) is 2.77. The van der Waals surface area contributed by atoms with Crippen LogP contribution in [-0.2, 0) is 14.3 Å². The molecule has 0 aliphatic carbocycles. The highest BCUT2D eigenvalue weighted by Crippen LogP contribution is 2.39. The van der Waals surface area contributed by atoms with Crippen molar-refractivity contribution in [2.75, 3.05) is 46.5 Å². The lowest BCUT2D eigenvalue weighted by Gasteiger charge is -2.26. The molecule has 166 valence electrons. The smallest absolute Gasteiger partial charge is 0.296 e. The fourth-order valence-corrected chi connectivity index (χ4v) is 2.91. The third-order valence-corrected chi connectivity index (χ3v) is 4.66. The number of nitrogens with one attached hydrogen (secondary N) is 1. The van der Waals surface area contributed by atoms with E-state index in [1.165, 1.54) is 20.1 Å². The van der Waals surface area contributed by atoms with Gasteiger partial charge in [-0.2, -0.15) is 0 Å². The van der Waals surface area contributed by atoms with Crippen molar-refractivity contribution in [3.05, 3.63) is 28.5 Å². The van der Waals surface area contributed by atoms with Gasteiger partial charge in [-0.3, -0.25) is 19.3 Å². The number of amides is 1. The van der Waals surface area contributed by atoms with Gasteiger partial charge in [0, 0.05) is 32.1 Å². The lowest BCUT2D eigenvalue weighted by molar-refractivity contribution is -0.115. The number of hydrogen-bond acceptors (Lipinski definition) is 8. The molecule has 0 radical (unpaired) electrons. The Hall–Kier alpha value is -3.35. The van der Waals surface area contributed by atoms with Crippen LogP contribution < -0.4 is 14.8 Å². The van der Waals surface area contributed by atoms with Gasteiger partial charge in [0.1, 0.15) is 22.6 Å². The number of nitrogens with zero attached hydrogens (tertiary/aromatic N) is 1. The van der Waals surface area contributed by atoms with Gasteiger partial charge >= 0.3 is 0 Å². The Morgan fingerprint density at radius 3 is 2.65 bits per heavy atom. The largest absolute Gasteiger partial charge is 0.504 e. The number of allylic oxidation sites excluding steroid dienone is 2. The quantitative estimate of drug-likeness (QED) is 0.270. The number of rotatable bonds is 8. The van der Waals surface area contributed by atoms with Crippen LogP contribution in [0.5, 0.6) is 17.2 Å². The summed E-state index contributed by atoms with van der Waals surface area (Å²) in [7, 11) is 1.36. The Kier molecular flexibility index (Phi) is 9.06. The summed E-state index contributed by atoms with van der Waals surface area (Å²) in [4.78, 5) is 37.0. The van der Waals surface area contributed by atoms with Crippen LogP contribution in [0.2, 0.25) is 0 Å². The first kappa shape index (κ1) is 23.9. The second-order valence-corrected chi connectivity index (χ2v) is 6.75. The van der Waals surface area contributed by atoms with Crippen molar-refractivity contribution in [2.24, 2.45) is 0 Å². The average molecular weight is 430 g/mol. The van der Waals surface area contributed by atoms with Crippen molar-refractivity contribution >= 4 is 18.5 Å². The Bertz CT molecular complexity index is 922. The number of carbonyl (C=O) groups is 3. The number of benzene rings is 1. The molecule has 1 aromatic carbocycles. The molecule has 0 saturated carbocycles. The Balaban J connectivity index is 2.08. The van der Waals surface area contributed by atoms with E-state index in [4.69, 9.17) is 14.2 Å². The van der Waals surface area contributed by atoms with Crippen LogP contribution in [0.15, 0.2) is 17.4 Å². The number of aldehydes is 2. The van der Waals surface area contributed by atoms with Crippen LogP contribution in [0.25, 0.3) is 0 Å². The molecule has 1 heterocycles. The van der Waals surface area contributed by atoms with Crippen LogP contribution in [0, 0.1) is 18.8 Å². The van der Waals surface area contributed by atoms with Crippen LogP contribution in [-0.4, -0.2) is 75.0 Å². The number of phenols is 1. The van der Waals surface area contributed by atoms with Gasteiger partial charge < -0.3 is 24.6 Å². The summed E-state index contributed by atoms with van der Waals surface area (Å²) >= 11 is 0. The molecule has 0 aromatic heterocycles. The molecule has 9 heteroatoms. The van der Waals surface area contributed by atoms with Gasteiger partial charge in [-0.05, 0) is 31.4 Å². The summed E-state index contributed by atoms with van der Waals surface area (Å²) < 4.78 is 15.9. The maximum Gasteiger partial charge on any atom is 0.296 e. The summed E-state index contributed by atoms with van der Waals surface area (Å²) in [5.41, 5.74) is 0.334. The standard InChI is InChI=1S/C22H26N2O7/c1-15-12-19(29-3)21(28)18(14-26)22(15)31-16(2)17(13-25)4-5-20(27)23-6-7-24-8-10-30-11-9-24/h12-14,28H,6-11H2,1-3H3,(H,23,27)/b17-16-. The number of methoxy groups -OCH3 is 1. The SMILES string of the molecule is COc1cc(C)c(O/C(C)=C(/C#CC(=O)NCCN2CCOCC2)C=O)c(C=O)c1O. The van der Waals surface area contributed by atoms with Crippen molar-refractivity contribution in [1.29, 1.82) is 0 Å². The molecular formula is C22H26N2O7. The molecule has 1 aromatic rings. The topological polar surface area (TPSA) is 114 Å². The fraction of sp³-hybridized carbons (Fsp3) is 0.409. The first-order valence-electron chi connectivity index (χ1n) is 9.70. The second kappa shape index (κ2) is 11.7. The van der Waals surface area contributed by atoms with Crippen molar-refractivity contribution in [3.8, 4) is 29.1 Å². The molecule has 1 aliphatic rings. The lowest BCUT2D eigenvalue weighted by Crippen LogP contribution is -2.41. The third kappa shape index (κ3) is 6.57. The van der Waals surface area contributed by atoms with E-state index < -0.39 is 5.91 Å². The highest BCUT2D eigenvalue weighted by atomic mass is 16.5. The van der Waals surface area contributed by atoms with E-state index in [0.29, 0.717) is 44.4 Å². The van der Waals surface area contributed by atoms with E-state index in [-0.39, 0.29) is 34.1 Å². The van der Waals surface area contributed by atoms with E-state index >= 15 is 0 Å². The molecule has 9 nitrogen and oxygen atoms in total. The predicted octanol–water partition coefficient (Wildman–Crippen LogP) is 0.825. The lowest BCUT2D eigenvalue weighted by atomic mass is 10.1.